The Morgan fingerprint density at radius 1 is 1.23 bits per heavy atom. The summed E-state index contributed by atoms with van der Waals surface area (Å²) in [5, 5.41) is 21.1. The average molecular weight is 342 g/mol. The van der Waals surface area contributed by atoms with Gasteiger partial charge in [-0.3, -0.25) is 5.10 Å². The van der Waals surface area contributed by atoms with Gasteiger partial charge < -0.3 is 9.26 Å². The van der Waals surface area contributed by atoms with Crippen LogP contribution in [0.3, 0.4) is 0 Å². The Labute approximate surface area is 149 Å². The highest BCUT2D eigenvalue weighted by Crippen LogP contribution is 2.37. The number of nitrogens with zero attached hydrogens (tertiary/aromatic N) is 3. The van der Waals surface area contributed by atoms with Crippen LogP contribution in [0.1, 0.15) is 29.2 Å². The Hall–Kier alpha value is -3.59. The summed E-state index contributed by atoms with van der Waals surface area (Å²) in [6.45, 7) is 0. The molecular formula is C20H14N4O2. The molecule has 126 valence electrons. The molecular weight excluding hydrogens is 328 g/mol. The SMILES string of the molecule is N#Cc1ccc2c(c1)CCC2Oc1ccc2[nH]nc(-c3cnoc3)c2c1. The van der Waals surface area contributed by atoms with Crippen molar-refractivity contribution in [3.8, 4) is 23.1 Å². The van der Waals surface area contributed by atoms with Crippen LogP contribution >= 0.6 is 0 Å². The van der Waals surface area contributed by atoms with Crippen LogP contribution in [0.2, 0.25) is 0 Å². The Balaban J connectivity index is 1.48. The molecule has 2 aromatic carbocycles. The predicted molar refractivity (Wildman–Crippen MR) is 94.4 cm³/mol. The normalized spacial score (nSPS) is 15.7. The van der Waals surface area contributed by atoms with E-state index in [1.54, 1.807) is 12.5 Å². The first kappa shape index (κ1) is 14.7. The van der Waals surface area contributed by atoms with Crippen molar-refractivity contribution in [3.63, 3.8) is 0 Å². The Bertz CT molecular complexity index is 1140. The lowest BCUT2D eigenvalue weighted by Crippen LogP contribution is -2.03. The highest BCUT2D eigenvalue weighted by Gasteiger charge is 2.24. The van der Waals surface area contributed by atoms with Crippen LogP contribution in [-0.2, 0) is 6.42 Å². The van der Waals surface area contributed by atoms with Crippen LogP contribution in [0.4, 0.5) is 0 Å². The van der Waals surface area contributed by atoms with E-state index >= 15 is 0 Å². The molecule has 0 aliphatic heterocycles. The lowest BCUT2D eigenvalue weighted by Gasteiger charge is -2.15. The summed E-state index contributed by atoms with van der Waals surface area (Å²) in [5.41, 5.74) is 5.60. The number of hydrogen-bond acceptors (Lipinski definition) is 5. The van der Waals surface area contributed by atoms with Crippen LogP contribution in [0.25, 0.3) is 22.2 Å². The van der Waals surface area contributed by atoms with Crippen molar-refractivity contribution in [2.45, 2.75) is 18.9 Å². The molecule has 1 unspecified atom stereocenters. The fourth-order valence-corrected chi connectivity index (χ4v) is 3.54. The van der Waals surface area contributed by atoms with Gasteiger partial charge in [0.05, 0.1) is 28.9 Å². The lowest BCUT2D eigenvalue weighted by molar-refractivity contribution is 0.208. The minimum absolute atomic E-state index is 0.00105. The van der Waals surface area contributed by atoms with Crippen LogP contribution < -0.4 is 4.74 Å². The van der Waals surface area contributed by atoms with E-state index in [0.717, 1.165) is 46.3 Å². The van der Waals surface area contributed by atoms with E-state index in [1.807, 2.05) is 36.4 Å². The summed E-state index contributed by atoms with van der Waals surface area (Å²) in [6, 6.07) is 13.9. The highest BCUT2D eigenvalue weighted by molar-refractivity contribution is 5.93. The number of benzene rings is 2. The first-order valence-corrected chi connectivity index (χ1v) is 8.39. The van der Waals surface area contributed by atoms with Crippen molar-refractivity contribution >= 4 is 10.9 Å². The third kappa shape index (κ3) is 2.33. The van der Waals surface area contributed by atoms with Gasteiger partial charge in [-0.2, -0.15) is 10.4 Å². The molecule has 2 heterocycles. The summed E-state index contributed by atoms with van der Waals surface area (Å²) < 4.78 is 11.2. The van der Waals surface area contributed by atoms with Crippen LogP contribution in [0.15, 0.2) is 53.4 Å². The van der Waals surface area contributed by atoms with E-state index in [-0.39, 0.29) is 6.10 Å². The molecule has 0 saturated heterocycles. The van der Waals surface area contributed by atoms with Gasteiger partial charge in [-0.15, -0.1) is 0 Å². The Kier molecular flexibility index (Phi) is 3.25. The van der Waals surface area contributed by atoms with Gasteiger partial charge in [-0.25, -0.2) is 0 Å². The molecule has 5 rings (SSSR count). The van der Waals surface area contributed by atoms with Crippen LogP contribution in [-0.4, -0.2) is 15.4 Å². The average Bonchev–Trinajstić information content (AvgIpc) is 3.40. The van der Waals surface area contributed by atoms with Gasteiger partial charge in [0.1, 0.15) is 23.8 Å². The third-order valence-electron chi connectivity index (χ3n) is 4.81. The topological polar surface area (TPSA) is 87.7 Å². The van der Waals surface area contributed by atoms with Gasteiger partial charge in [0.25, 0.3) is 0 Å². The predicted octanol–water partition coefficient (Wildman–Crippen LogP) is 4.16. The molecule has 1 atom stereocenters. The Morgan fingerprint density at radius 3 is 3.04 bits per heavy atom. The zero-order chi connectivity index (χ0) is 17.5. The monoisotopic (exact) mass is 342 g/mol. The molecule has 1 aliphatic rings. The number of nitrogens with one attached hydrogen (secondary N) is 1. The van der Waals surface area contributed by atoms with Gasteiger partial charge >= 0.3 is 0 Å². The van der Waals surface area contributed by atoms with E-state index in [2.05, 4.69) is 21.4 Å². The number of hydrogen-bond donors (Lipinski definition) is 1. The third-order valence-corrected chi connectivity index (χ3v) is 4.81. The second-order valence-electron chi connectivity index (χ2n) is 6.36. The summed E-state index contributed by atoms with van der Waals surface area (Å²) in [7, 11) is 0. The molecule has 2 aromatic heterocycles. The molecule has 0 amide bonds. The van der Waals surface area contributed by atoms with Gasteiger partial charge in [0, 0.05) is 5.39 Å². The van der Waals surface area contributed by atoms with Crippen molar-refractivity contribution < 1.29 is 9.26 Å². The maximum atomic E-state index is 9.05. The van der Waals surface area contributed by atoms with E-state index < -0.39 is 0 Å². The quantitative estimate of drug-likeness (QED) is 0.604. The number of H-pyrrole nitrogens is 1. The van der Waals surface area contributed by atoms with Gasteiger partial charge in [-0.1, -0.05) is 11.2 Å². The van der Waals surface area contributed by atoms with Crippen molar-refractivity contribution in [1.29, 1.82) is 5.26 Å². The molecule has 26 heavy (non-hydrogen) atoms. The molecule has 1 aliphatic carbocycles. The molecule has 0 spiro atoms. The molecule has 6 heteroatoms. The summed E-state index contributed by atoms with van der Waals surface area (Å²) in [6.07, 6.45) is 5.05. The lowest BCUT2D eigenvalue weighted by atomic mass is 10.1. The summed E-state index contributed by atoms with van der Waals surface area (Å²) in [4.78, 5) is 0. The van der Waals surface area contributed by atoms with Crippen molar-refractivity contribution in [3.05, 3.63) is 65.5 Å². The molecule has 0 bridgehead atoms. The van der Waals surface area contributed by atoms with E-state index in [4.69, 9.17) is 14.5 Å². The van der Waals surface area contributed by atoms with Gasteiger partial charge in [0.15, 0.2) is 0 Å². The number of aryl methyl sites for hydroxylation is 1. The number of nitriles is 1. The molecule has 0 fully saturated rings. The number of rotatable bonds is 3. The number of aromatic amines is 1. The molecule has 0 radical (unpaired) electrons. The van der Waals surface area contributed by atoms with Crippen LogP contribution in [0, 0.1) is 11.3 Å². The Morgan fingerprint density at radius 2 is 2.19 bits per heavy atom. The second kappa shape index (κ2) is 5.74. The zero-order valence-corrected chi connectivity index (χ0v) is 13.8. The van der Waals surface area contributed by atoms with Crippen molar-refractivity contribution in [2.24, 2.45) is 0 Å². The van der Waals surface area contributed by atoms with E-state index in [9.17, 15) is 0 Å². The second-order valence-corrected chi connectivity index (χ2v) is 6.36. The van der Waals surface area contributed by atoms with Crippen LogP contribution in [0.5, 0.6) is 5.75 Å². The minimum Gasteiger partial charge on any atom is -0.486 e. The number of ether oxygens (including phenoxy) is 1. The fraction of sp³-hybridized carbons (Fsp3) is 0.150. The summed E-state index contributed by atoms with van der Waals surface area (Å²) in [5.74, 6) is 0.791. The molecule has 4 aromatic rings. The zero-order valence-electron chi connectivity index (χ0n) is 13.8. The first-order valence-electron chi connectivity index (χ1n) is 8.39. The maximum Gasteiger partial charge on any atom is 0.133 e. The van der Waals surface area contributed by atoms with E-state index in [1.165, 1.54) is 5.56 Å². The molecule has 0 saturated carbocycles. The molecule has 6 nitrogen and oxygen atoms in total. The minimum atomic E-state index is 0.00105. The van der Waals surface area contributed by atoms with Gasteiger partial charge in [-0.05, 0) is 54.3 Å². The van der Waals surface area contributed by atoms with E-state index in [0.29, 0.717) is 5.56 Å². The summed E-state index contributed by atoms with van der Waals surface area (Å²) >= 11 is 0. The number of aromatic nitrogens is 3. The smallest absolute Gasteiger partial charge is 0.133 e. The standard InChI is InChI=1S/C20H14N4O2/c21-9-12-1-4-16-13(7-12)2-6-19(16)26-15-3-5-18-17(8-15)20(24-23-18)14-10-22-25-11-14/h1,3-5,7-8,10-11,19H,2,6H2,(H,23,24). The molecule has 1 N–H and O–H groups in total. The van der Waals surface area contributed by atoms with Gasteiger partial charge in [0.2, 0.25) is 0 Å². The fourth-order valence-electron chi connectivity index (χ4n) is 3.54. The van der Waals surface area contributed by atoms with Crippen molar-refractivity contribution in [2.75, 3.05) is 0 Å². The van der Waals surface area contributed by atoms with Crippen molar-refractivity contribution in [1.82, 2.24) is 15.4 Å². The first-order chi connectivity index (χ1) is 12.8. The maximum absolute atomic E-state index is 9.05. The largest absolute Gasteiger partial charge is 0.486 e. The number of fused-ring (bicyclic) bond motifs is 2. The highest BCUT2D eigenvalue weighted by atomic mass is 16.5.